The maximum atomic E-state index is 13.0. The van der Waals surface area contributed by atoms with Gasteiger partial charge in [0.2, 0.25) is 0 Å². The number of unbranched alkanes of at least 4 members (excludes halogenated alkanes) is 2. The van der Waals surface area contributed by atoms with Gasteiger partial charge in [-0.25, -0.2) is 0 Å². The zero-order chi connectivity index (χ0) is 62.0. The molecule has 6 fully saturated rings. The second-order valence-electron chi connectivity index (χ2n) is 33.2. The Labute approximate surface area is 538 Å². The average molecular weight is 1250 g/mol. The lowest BCUT2D eigenvalue weighted by molar-refractivity contribution is -0.170. The molecule has 10 aliphatic rings. The molecular formula is C76H126O5S4. The number of rotatable bonds is 19. The number of carbonyl (C=O) groups is 2. The van der Waals surface area contributed by atoms with Gasteiger partial charge in [-0.1, -0.05) is 185 Å². The van der Waals surface area contributed by atoms with Crippen LogP contribution in [0.2, 0.25) is 0 Å². The summed E-state index contributed by atoms with van der Waals surface area (Å²) < 4.78 is 6.33. The van der Waals surface area contributed by atoms with Crippen molar-refractivity contribution in [2.24, 2.45) is 78.8 Å². The summed E-state index contributed by atoms with van der Waals surface area (Å²) >= 11 is 0. The third-order valence-corrected chi connectivity index (χ3v) is 33.3. The van der Waals surface area contributed by atoms with Crippen LogP contribution in [0.1, 0.15) is 303 Å². The van der Waals surface area contributed by atoms with Crippen LogP contribution in [-0.2, 0) is 14.3 Å². The van der Waals surface area contributed by atoms with Gasteiger partial charge < -0.3 is 14.9 Å². The van der Waals surface area contributed by atoms with Crippen molar-refractivity contribution in [2.45, 2.75) is 326 Å². The molecule has 0 aromatic rings. The summed E-state index contributed by atoms with van der Waals surface area (Å²) in [5.74, 6) is 6.52. The van der Waals surface area contributed by atoms with Crippen LogP contribution in [0.4, 0.5) is 0 Å². The van der Waals surface area contributed by atoms with E-state index in [0.29, 0.717) is 51.8 Å². The van der Waals surface area contributed by atoms with E-state index in [2.05, 4.69) is 134 Å². The molecule has 2 heterocycles. The van der Waals surface area contributed by atoms with Crippen LogP contribution in [0.25, 0.3) is 0 Å². The van der Waals surface area contributed by atoms with Crippen molar-refractivity contribution < 1.29 is 24.5 Å². The topological polar surface area (TPSA) is 83.8 Å². The molecule has 5 nitrogen and oxygen atoms in total. The number of hydrogen-bond donors (Lipinski definition) is 2. The number of fused-ring (bicyclic) bond motifs is 8. The van der Waals surface area contributed by atoms with Crippen molar-refractivity contribution in [2.75, 3.05) is 11.5 Å². The highest BCUT2D eigenvalue weighted by Gasteiger charge is 2.65. The van der Waals surface area contributed by atoms with Gasteiger partial charge in [-0.05, 0) is 268 Å². The fourth-order valence-electron chi connectivity index (χ4n) is 21.8. The lowest BCUT2D eigenvalue weighted by Crippen LogP contribution is -2.55. The smallest absolute Gasteiger partial charge is 0.306 e. The Morgan fingerprint density at radius 3 is 1.42 bits per heavy atom. The van der Waals surface area contributed by atoms with Gasteiger partial charge in [-0.15, -0.1) is 0 Å². The van der Waals surface area contributed by atoms with E-state index in [0.717, 1.165) is 72.7 Å². The zero-order valence-corrected chi connectivity index (χ0v) is 60.6. The number of hydrogen-bond acceptors (Lipinski definition) is 8. The molecule has 85 heavy (non-hydrogen) atoms. The Morgan fingerprint density at radius 1 is 0.541 bits per heavy atom. The first-order valence-corrected chi connectivity index (χ1v) is 40.1. The Hall–Kier alpha value is -0.740. The van der Waals surface area contributed by atoms with Gasteiger partial charge in [-0.2, -0.15) is 0 Å². The summed E-state index contributed by atoms with van der Waals surface area (Å²) in [5, 5.41) is 20.8. The van der Waals surface area contributed by atoms with Gasteiger partial charge in [-0.3, -0.25) is 9.59 Å². The van der Waals surface area contributed by atoms with Gasteiger partial charge >= 0.3 is 11.9 Å². The fourth-order valence-corrected chi connectivity index (χ4v) is 27.8. The lowest BCUT2D eigenvalue weighted by atomic mass is 9.43. The normalized spacial score (nSPS) is 39.2. The third-order valence-electron chi connectivity index (χ3n) is 27.3. The Balaban J connectivity index is 0.000000191. The lowest BCUT2D eigenvalue weighted by Gasteiger charge is -2.62. The molecule has 0 aromatic carbocycles. The fraction of sp³-hybridized carbons (Fsp3) is 0.868. The molecule has 2 saturated heterocycles. The molecule has 484 valence electrons. The minimum absolute atomic E-state index is 0.0260. The van der Waals surface area contributed by atoms with Crippen molar-refractivity contribution in [1.29, 1.82) is 0 Å². The average Bonchev–Trinajstić information content (AvgIpc) is 1.72. The van der Waals surface area contributed by atoms with Crippen molar-refractivity contribution >= 4 is 55.1 Å². The molecule has 0 unspecified atom stereocenters. The van der Waals surface area contributed by atoms with Crippen molar-refractivity contribution in [1.82, 2.24) is 0 Å². The number of ether oxygens (including phenoxy) is 1. The minimum atomic E-state index is -0.663. The monoisotopic (exact) mass is 1250 g/mol. The second-order valence-corrected chi connectivity index (χ2v) is 38.7. The number of allylic oxidation sites excluding steroid dienone is 8. The number of aliphatic carboxylic acids is 1. The van der Waals surface area contributed by atoms with Gasteiger partial charge in [0.25, 0.3) is 0 Å². The van der Waals surface area contributed by atoms with Crippen LogP contribution in [0.15, 0.2) is 45.6 Å². The van der Waals surface area contributed by atoms with Crippen LogP contribution >= 0.6 is 43.2 Å². The van der Waals surface area contributed by atoms with E-state index in [9.17, 15) is 14.7 Å². The molecule has 0 spiro atoms. The summed E-state index contributed by atoms with van der Waals surface area (Å²) in [6.07, 6.45) is 40.5. The van der Waals surface area contributed by atoms with E-state index in [1.807, 2.05) is 54.7 Å². The summed E-state index contributed by atoms with van der Waals surface area (Å²) in [4.78, 5) is 23.2. The van der Waals surface area contributed by atoms with E-state index in [4.69, 9.17) is 9.84 Å². The van der Waals surface area contributed by atoms with Crippen molar-refractivity contribution in [3.63, 3.8) is 0 Å². The highest BCUT2D eigenvalue weighted by atomic mass is 33.1. The SMILES string of the molecule is CC(C)=CCC[C@@H](C)[C@H]1CC[C@@]2(C)C3=C(CC[C@]12C)[C@@]1(C)CC[C@H](O)C(C)(C)[C@@H]1CC3.CC(C)=CCC[C@@H](C)[C@H]1CC[C@@]2(C)C3=C(CC[C@]12C)[C@@]1(C)CC[C@H](OC(=O)CCCC[C@@H]2CCSS2)C(C)(C)[C@@H]1CC3.O=C(O)CCCC[C@H]1CCSS1. The summed E-state index contributed by atoms with van der Waals surface area (Å²) in [5.41, 5.74) is 12.7. The summed E-state index contributed by atoms with van der Waals surface area (Å²) in [6.45, 7) is 39.5. The first-order chi connectivity index (χ1) is 40.0. The predicted octanol–water partition coefficient (Wildman–Crippen LogP) is 23.0. The molecule has 0 bridgehead atoms. The van der Waals surface area contributed by atoms with Crippen LogP contribution in [-0.4, -0.2) is 56.4 Å². The number of esters is 1. The van der Waals surface area contributed by atoms with E-state index in [-0.39, 0.29) is 34.4 Å². The number of aliphatic hydroxyl groups excluding tert-OH is 1. The summed E-state index contributed by atoms with van der Waals surface area (Å²) in [6, 6.07) is 0. The number of carboxylic acids is 1. The molecule has 9 heteroatoms. The standard InChI is InChI=1S/C38H62O2S2.C30H50O.C8H14O2S2/c1-26(2)12-11-13-27(3)29-18-23-38(8)31-16-17-32-35(4,5)33(20-22-36(32,6)30(31)19-24-37(29,38)7)40-34(39)15-10-9-14-28-21-25-41-42-28;1-20(2)10-9-11-21(3)22-14-18-30(8)24-12-13-25-27(4,5)26(31)16-17-28(25,6)23(24)15-19-29(22,30)7;9-8(10)4-2-1-3-7-5-6-11-12-7/h12,27-29,32-33H,9-11,13-25H2,1-8H3;10,21-22,25-26,31H,9,11-19H2,1-8H3;7H,1-6H2,(H,9,10)/t27-,28-,29-,32+,33+,36-,37-,38+;21-,22-,25+,26+,28-,29-,30+;7-/m110/s1. The minimum Gasteiger partial charge on any atom is -0.481 e. The molecule has 0 radical (unpaired) electrons. The molecule has 16 atom stereocenters. The molecule has 8 aliphatic carbocycles. The largest absolute Gasteiger partial charge is 0.481 e. The van der Waals surface area contributed by atoms with E-state index in [1.165, 1.54) is 164 Å². The first kappa shape index (κ1) is 70.1. The quantitative estimate of drug-likeness (QED) is 0.0569. The molecule has 2 aliphatic heterocycles. The van der Waals surface area contributed by atoms with Crippen molar-refractivity contribution in [3.05, 3.63) is 45.6 Å². The number of carbonyl (C=O) groups excluding carboxylic acids is 1. The van der Waals surface area contributed by atoms with Crippen LogP contribution in [0.3, 0.4) is 0 Å². The van der Waals surface area contributed by atoms with Gasteiger partial charge in [0.1, 0.15) is 6.10 Å². The van der Waals surface area contributed by atoms with Crippen LogP contribution in [0, 0.1) is 78.8 Å². The number of aliphatic hydroxyl groups is 1. The predicted molar refractivity (Wildman–Crippen MR) is 371 cm³/mol. The Morgan fingerprint density at radius 2 is 0.988 bits per heavy atom. The third kappa shape index (κ3) is 14.4. The molecule has 0 amide bonds. The van der Waals surface area contributed by atoms with Crippen molar-refractivity contribution in [3.8, 4) is 0 Å². The molecule has 2 N–H and O–H groups in total. The van der Waals surface area contributed by atoms with Gasteiger partial charge in [0, 0.05) is 40.3 Å². The van der Waals surface area contributed by atoms with Gasteiger partial charge in [0.05, 0.1) is 6.10 Å². The van der Waals surface area contributed by atoms with E-state index < -0.39 is 5.97 Å². The molecule has 4 saturated carbocycles. The van der Waals surface area contributed by atoms with Crippen LogP contribution < -0.4 is 0 Å². The van der Waals surface area contributed by atoms with Crippen LogP contribution in [0.5, 0.6) is 0 Å². The summed E-state index contributed by atoms with van der Waals surface area (Å²) in [7, 11) is 7.98. The Kier molecular flexibility index (Phi) is 23.6. The molecule has 0 aromatic heterocycles. The molecular weight excluding hydrogens is 1120 g/mol. The Bertz CT molecular complexity index is 2420. The highest BCUT2D eigenvalue weighted by Crippen LogP contribution is 2.75. The van der Waals surface area contributed by atoms with E-state index in [1.54, 1.807) is 0 Å². The van der Waals surface area contributed by atoms with E-state index >= 15 is 0 Å². The van der Waals surface area contributed by atoms with Gasteiger partial charge in [0.15, 0.2) is 0 Å². The number of carboxylic acid groups (broad SMARTS) is 1. The second kappa shape index (κ2) is 28.6. The zero-order valence-electron chi connectivity index (χ0n) is 57.3. The maximum absolute atomic E-state index is 13.0. The highest BCUT2D eigenvalue weighted by molar-refractivity contribution is 8.77. The molecule has 10 rings (SSSR count). The maximum Gasteiger partial charge on any atom is 0.306 e. The first-order valence-electron chi connectivity index (χ1n) is 35.4.